The summed E-state index contributed by atoms with van der Waals surface area (Å²) in [7, 11) is 3.12. The third kappa shape index (κ3) is 3.97. The molecular weight excluding hydrogens is 275 g/mol. The number of amides is 1. The van der Waals surface area contributed by atoms with Gasteiger partial charge in [0, 0.05) is 26.7 Å². The Hall–Kier alpha value is -2.06. The van der Waals surface area contributed by atoms with Crippen LogP contribution in [0.5, 0.6) is 0 Å². The van der Waals surface area contributed by atoms with Crippen LogP contribution in [0.2, 0.25) is 0 Å². The van der Waals surface area contributed by atoms with Gasteiger partial charge in [-0.1, -0.05) is 0 Å². The normalized spacial score (nSPS) is 11.3. The van der Waals surface area contributed by atoms with Gasteiger partial charge < -0.3 is 15.5 Å². The van der Waals surface area contributed by atoms with E-state index < -0.39 is 12.0 Å². The van der Waals surface area contributed by atoms with E-state index in [0.717, 1.165) is 0 Å². The summed E-state index contributed by atoms with van der Waals surface area (Å²) < 4.78 is 37.9. The molecule has 0 atom stereocenters. The molecule has 0 saturated carbocycles. The monoisotopic (exact) mass is 291 g/mol. The van der Waals surface area contributed by atoms with Gasteiger partial charge in [-0.25, -0.2) is 9.97 Å². The molecule has 20 heavy (non-hydrogen) atoms. The van der Waals surface area contributed by atoms with Crippen molar-refractivity contribution >= 4 is 17.5 Å². The molecule has 112 valence electrons. The molecule has 0 aliphatic rings. The molecular formula is C11H16F3N5O. The number of aromatic nitrogens is 2. The van der Waals surface area contributed by atoms with E-state index in [1.165, 1.54) is 15.9 Å². The summed E-state index contributed by atoms with van der Waals surface area (Å²) in [6.07, 6.45) is -4.69. The topological polar surface area (TPSA) is 75.4 Å². The molecule has 0 aromatic carbocycles. The number of hydrogen-bond donors (Lipinski definition) is 1. The van der Waals surface area contributed by atoms with Gasteiger partial charge in [0.25, 0.3) is 0 Å². The van der Waals surface area contributed by atoms with Crippen molar-refractivity contribution < 1.29 is 18.0 Å². The zero-order chi connectivity index (χ0) is 15.5. The van der Waals surface area contributed by atoms with Crippen molar-refractivity contribution in [2.75, 3.05) is 37.8 Å². The van der Waals surface area contributed by atoms with Crippen molar-refractivity contribution in [3.63, 3.8) is 0 Å². The number of nitrogens with zero attached hydrogens (tertiary/aromatic N) is 4. The highest BCUT2D eigenvalue weighted by Crippen LogP contribution is 2.28. The summed E-state index contributed by atoms with van der Waals surface area (Å²) in [4.78, 5) is 21.0. The first kappa shape index (κ1) is 16.0. The van der Waals surface area contributed by atoms with E-state index in [1.54, 1.807) is 21.0 Å². The van der Waals surface area contributed by atoms with Gasteiger partial charge in [0.1, 0.15) is 11.6 Å². The maximum absolute atomic E-state index is 12.6. The Labute approximate surface area is 114 Å². The SMILES string of the molecule is CCN(CC(=O)N(C)C)c1cc(N)nc(C(F)(F)F)n1. The fraction of sp³-hybridized carbons (Fsp3) is 0.545. The van der Waals surface area contributed by atoms with E-state index in [1.807, 2.05) is 0 Å². The van der Waals surface area contributed by atoms with Crippen LogP contribution >= 0.6 is 0 Å². The van der Waals surface area contributed by atoms with E-state index in [2.05, 4.69) is 9.97 Å². The molecule has 1 aromatic heterocycles. The summed E-state index contributed by atoms with van der Waals surface area (Å²) in [5.74, 6) is -1.89. The van der Waals surface area contributed by atoms with Crippen LogP contribution in [0.15, 0.2) is 6.07 Å². The second-order valence-corrected chi connectivity index (χ2v) is 4.27. The lowest BCUT2D eigenvalue weighted by atomic mass is 10.4. The minimum Gasteiger partial charge on any atom is -0.384 e. The number of carbonyl (C=O) groups excluding carboxylic acids is 1. The van der Waals surface area contributed by atoms with Crippen LogP contribution in [0.3, 0.4) is 0 Å². The molecule has 1 aromatic rings. The van der Waals surface area contributed by atoms with Crippen molar-refractivity contribution in [2.24, 2.45) is 0 Å². The Morgan fingerprint density at radius 3 is 2.40 bits per heavy atom. The molecule has 1 heterocycles. The molecule has 0 saturated heterocycles. The largest absolute Gasteiger partial charge is 0.451 e. The van der Waals surface area contributed by atoms with E-state index >= 15 is 0 Å². The lowest BCUT2D eigenvalue weighted by Crippen LogP contribution is -2.37. The zero-order valence-electron chi connectivity index (χ0n) is 11.4. The predicted octanol–water partition coefficient (Wildman–Crippen LogP) is 0.992. The lowest BCUT2D eigenvalue weighted by molar-refractivity contribution is -0.144. The Morgan fingerprint density at radius 1 is 1.35 bits per heavy atom. The third-order valence-corrected chi connectivity index (χ3v) is 2.52. The quantitative estimate of drug-likeness (QED) is 0.895. The molecule has 0 bridgehead atoms. The Bertz CT molecular complexity index is 489. The smallest absolute Gasteiger partial charge is 0.384 e. The van der Waals surface area contributed by atoms with Gasteiger partial charge in [-0.2, -0.15) is 13.2 Å². The highest BCUT2D eigenvalue weighted by molar-refractivity contribution is 5.80. The minimum absolute atomic E-state index is 0.0254. The molecule has 9 heteroatoms. The first-order valence-electron chi connectivity index (χ1n) is 5.82. The fourth-order valence-electron chi connectivity index (χ4n) is 1.40. The maximum atomic E-state index is 12.6. The summed E-state index contributed by atoms with van der Waals surface area (Å²) in [5.41, 5.74) is 5.37. The van der Waals surface area contributed by atoms with Crippen molar-refractivity contribution in [3.8, 4) is 0 Å². The number of nitrogens with two attached hydrogens (primary N) is 1. The average Bonchev–Trinajstić information content (AvgIpc) is 2.33. The molecule has 1 amide bonds. The minimum atomic E-state index is -4.69. The summed E-state index contributed by atoms with van der Waals surface area (Å²) in [6.45, 7) is 1.93. The number of halogens is 3. The van der Waals surface area contributed by atoms with Gasteiger partial charge in [0.15, 0.2) is 0 Å². The van der Waals surface area contributed by atoms with E-state index in [-0.39, 0.29) is 24.1 Å². The number of rotatable bonds is 4. The number of anilines is 2. The first-order valence-corrected chi connectivity index (χ1v) is 5.82. The van der Waals surface area contributed by atoms with Gasteiger partial charge in [-0.3, -0.25) is 4.79 Å². The molecule has 0 aliphatic heterocycles. The maximum Gasteiger partial charge on any atom is 0.451 e. The standard InChI is InChI=1S/C11H16F3N5O/c1-4-19(6-9(20)18(2)3)8-5-7(15)16-10(17-8)11(12,13)14/h5H,4,6H2,1-3H3,(H2,15,16,17). The van der Waals surface area contributed by atoms with Crippen LogP contribution in [0.1, 0.15) is 12.7 Å². The molecule has 0 fully saturated rings. The van der Waals surface area contributed by atoms with Gasteiger partial charge in [-0.15, -0.1) is 0 Å². The summed E-state index contributed by atoms with van der Waals surface area (Å²) in [6, 6.07) is 1.21. The second-order valence-electron chi connectivity index (χ2n) is 4.27. The molecule has 0 spiro atoms. The van der Waals surface area contributed by atoms with Crippen LogP contribution in [0, 0.1) is 0 Å². The number of likely N-dealkylation sites (N-methyl/N-ethyl adjacent to an activating group) is 2. The Kier molecular flexibility index (Phi) is 4.74. The van der Waals surface area contributed by atoms with Crippen LogP contribution in [0.4, 0.5) is 24.8 Å². The molecule has 0 radical (unpaired) electrons. The first-order chi connectivity index (χ1) is 9.15. The molecule has 1 rings (SSSR count). The van der Waals surface area contributed by atoms with Crippen LogP contribution in [-0.2, 0) is 11.0 Å². The summed E-state index contributed by atoms with van der Waals surface area (Å²) >= 11 is 0. The number of carbonyl (C=O) groups is 1. The van der Waals surface area contributed by atoms with Gasteiger partial charge in [0.05, 0.1) is 6.54 Å². The average molecular weight is 291 g/mol. The molecule has 2 N–H and O–H groups in total. The predicted molar refractivity (Wildman–Crippen MR) is 68.0 cm³/mol. The molecule has 6 nitrogen and oxygen atoms in total. The van der Waals surface area contributed by atoms with Crippen molar-refractivity contribution in [1.29, 1.82) is 0 Å². The van der Waals surface area contributed by atoms with Crippen molar-refractivity contribution in [2.45, 2.75) is 13.1 Å². The van der Waals surface area contributed by atoms with E-state index in [9.17, 15) is 18.0 Å². The van der Waals surface area contributed by atoms with Crippen LogP contribution in [0.25, 0.3) is 0 Å². The number of alkyl halides is 3. The van der Waals surface area contributed by atoms with E-state index in [4.69, 9.17) is 5.73 Å². The van der Waals surface area contributed by atoms with Gasteiger partial charge >= 0.3 is 6.18 Å². The van der Waals surface area contributed by atoms with Crippen LogP contribution < -0.4 is 10.6 Å². The fourth-order valence-corrected chi connectivity index (χ4v) is 1.40. The highest BCUT2D eigenvalue weighted by atomic mass is 19.4. The van der Waals surface area contributed by atoms with Crippen molar-refractivity contribution in [1.82, 2.24) is 14.9 Å². The molecule has 0 aliphatic carbocycles. The van der Waals surface area contributed by atoms with Gasteiger partial charge in [0.2, 0.25) is 11.7 Å². The number of nitrogen functional groups attached to an aromatic ring is 1. The zero-order valence-corrected chi connectivity index (χ0v) is 11.4. The highest BCUT2D eigenvalue weighted by Gasteiger charge is 2.35. The Morgan fingerprint density at radius 2 is 1.95 bits per heavy atom. The molecule has 0 unspecified atom stereocenters. The van der Waals surface area contributed by atoms with Gasteiger partial charge in [-0.05, 0) is 6.92 Å². The second kappa shape index (κ2) is 5.93. The Balaban J connectivity index is 3.10. The number of hydrogen-bond acceptors (Lipinski definition) is 5. The van der Waals surface area contributed by atoms with Crippen LogP contribution in [-0.4, -0.2) is 48.0 Å². The van der Waals surface area contributed by atoms with Crippen molar-refractivity contribution in [3.05, 3.63) is 11.9 Å². The summed E-state index contributed by atoms with van der Waals surface area (Å²) in [5, 5.41) is 0. The lowest BCUT2D eigenvalue weighted by Gasteiger charge is -2.23. The van der Waals surface area contributed by atoms with E-state index in [0.29, 0.717) is 6.54 Å². The third-order valence-electron chi connectivity index (χ3n) is 2.52.